The summed E-state index contributed by atoms with van der Waals surface area (Å²) < 4.78 is 23.5. The van der Waals surface area contributed by atoms with E-state index in [0.717, 1.165) is 11.8 Å². The first-order valence-corrected chi connectivity index (χ1v) is 10.2. The van der Waals surface area contributed by atoms with Crippen molar-refractivity contribution in [2.45, 2.75) is 10.9 Å². The molecule has 0 spiro atoms. The second kappa shape index (κ2) is 8.39. The normalized spacial score (nSPS) is 17.5. The van der Waals surface area contributed by atoms with Gasteiger partial charge >= 0.3 is 0 Å². The zero-order valence-electron chi connectivity index (χ0n) is 14.2. The minimum atomic E-state index is -3.36. The molecule has 0 aliphatic carbocycles. The van der Waals surface area contributed by atoms with Crippen LogP contribution in [-0.4, -0.2) is 45.1 Å². The Labute approximate surface area is 164 Å². The standard InChI is InChI=1S/C18H19ClN2O3S.ClH/c1-25(23,24)16-7-3-5-14(11-16)18(22)21-9-8-20-12-17(21)13-4-2-6-15(19)10-13;/h2-7,10-11,17,20H,8-9,12H2,1H3;1H. The molecule has 1 heterocycles. The van der Waals surface area contributed by atoms with Gasteiger partial charge in [0.25, 0.3) is 5.91 Å². The molecule has 5 nitrogen and oxygen atoms in total. The number of nitrogens with zero attached hydrogens (tertiary/aromatic N) is 1. The Kier molecular flexibility index (Phi) is 6.69. The molecule has 1 N–H and O–H groups in total. The van der Waals surface area contributed by atoms with Crippen LogP contribution in [0, 0.1) is 0 Å². The van der Waals surface area contributed by atoms with E-state index in [-0.39, 0.29) is 29.3 Å². The molecule has 1 atom stereocenters. The van der Waals surface area contributed by atoms with E-state index in [9.17, 15) is 13.2 Å². The van der Waals surface area contributed by atoms with Gasteiger partial charge in [-0.25, -0.2) is 8.42 Å². The lowest BCUT2D eigenvalue weighted by Crippen LogP contribution is -2.48. The van der Waals surface area contributed by atoms with Crippen LogP contribution >= 0.6 is 24.0 Å². The Morgan fingerprint density at radius 3 is 2.62 bits per heavy atom. The van der Waals surface area contributed by atoms with Crippen LogP contribution in [0.25, 0.3) is 0 Å². The van der Waals surface area contributed by atoms with Gasteiger partial charge in [0.1, 0.15) is 0 Å². The van der Waals surface area contributed by atoms with Crippen molar-refractivity contribution in [2.75, 3.05) is 25.9 Å². The Balaban J connectivity index is 0.00000243. The lowest BCUT2D eigenvalue weighted by atomic mass is 10.0. The molecule has 1 aliphatic heterocycles. The Morgan fingerprint density at radius 1 is 1.19 bits per heavy atom. The summed E-state index contributed by atoms with van der Waals surface area (Å²) in [6.07, 6.45) is 1.14. The van der Waals surface area contributed by atoms with E-state index < -0.39 is 9.84 Å². The maximum Gasteiger partial charge on any atom is 0.254 e. The highest BCUT2D eigenvalue weighted by molar-refractivity contribution is 7.90. The molecule has 0 saturated carbocycles. The Hall–Kier alpha value is -1.60. The molecule has 2 aromatic rings. The third-order valence-electron chi connectivity index (χ3n) is 4.25. The Bertz CT molecular complexity index is 903. The van der Waals surface area contributed by atoms with Crippen molar-refractivity contribution in [3.63, 3.8) is 0 Å². The van der Waals surface area contributed by atoms with Gasteiger partial charge in [-0.15, -0.1) is 12.4 Å². The molecule has 1 aliphatic rings. The van der Waals surface area contributed by atoms with Crippen molar-refractivity contribution in [2.24, 2.45) is 0 Å². The lowest BCUT2D eigenvalue weighted by Gasteiger charge is -2.36. The Morgan fingerprint density at radius 2 is 1.92 bits per heavy atom. The second-order valence-electron chi connectivity index (χ2n) is 6.07. The summed E-state index contributed by atoms with van der Waals surface area (Å²) in [7, 11) is -3.36. The molecular formula is C18H20Cl2N2O3S. The van der Waals surface area contributed by atoms with Crippen LogP contribution in [0.3, 0.4) is 0 Å². The molecule has 2 aromatic carbocycles. The fraction of sp³-hybridized carbons (Fsp3) is 0.278. The van der Waals surface area contributed by atoms with E-state index in [1.807, 2.05) is 18.2 Å². The van der Waals surface area contributed by atoms with Crippen molar-refractivity contribution >= 4 is 39.8 Å². The van der Waals surface area contributed by atoms with Gasteiger partial charge in [-0.3, -0.25) is 4.79 Å². The molecule has 8 heteroatoms. The van der Waals surface area contributed by atoms with E-state index in [1.54, 1.807) is 23.1 Å². The largest absolute Gasteiger partial charge is 0.329 e. The number of nitrogens with one attached hydrogen (secondary N) is 1. The number of amides is 1. The van der Waals surface area contributed by atoms with Crippen molar-refractivity contribution in [1.82, 2.24) is 10.2 Å². The summed E-state index contributed by atoms with van der Waals surface area (Å²) in [5, 5.41) is 3.91. The average molecular weight is 415 g/mol. The first-order valence-electron chi connectivity index (χ1n) is 7.93. The van der Waals surface area contributed by atoms with Gasteiger partial charge in [0, 0.05) is 36.5 Å². The number of halogens is 2. The van der Waals surface area contributed by atoms with E-state index in [4.69, 9.17) is 11.6 Å². The summed E-state index contributed by atoms with van der Waals surface area (Å²) >= 11 is 6.09. The molecule has 26 heavy (non-hydrogen) atoms. The van der Waals surface area contributed by atoms with Gasteiger partial charge in [-0.05, 0) is 35.9 Å². The predicted octanol–water partition coefficient (Wildman–Crippen LogP) is 2.95. The molecular weight excluding hydrogens is 395 g/mol. The highest BCUT2D eigenvalue weighted by Gasteiger charge is 2.29. The minimum Gasteiger partial charge on any atom is -0.329 e. The fourth-order valence-electron chi connectivity index (χ4n) is 2.98. The van der Waals surface area contributed by atoms with Crippen LogP contribution in [0.2, 0.25) is 5.02 Å². The topological polar surface area (TPSA) is 66.5 Å². The second-order valence-corrected chi connectivity index (χ2v) is 8.53. The van der Waals surface area contributed by atoms with Crippen LogP contribution in [0.15, 0.2) is 53.4 Å². The quantitative estimate of drug-likeness (QED) is 0.837. The van der Waals surface area contributed by atoms with Crippen LogP contribution in [0.4, 0.5) is 0 Å². The van der Waals surface area contributed by atoms with Crippen LogP contribution in [0.5, 0.6) is 0 Å². The van der Waals surface area contributed by atoms with Crippen molar-refractivity contribution in [3.8, 4) is 0 Å². The summed E-state index contributed by atoms with van der Waals surface area (Å²) in [5.41, 5.74) is 1.32. The maximum absolute atomic E-state index is 13.0. The zero-order chi connectivity index (χ0) is 18.0. The number of piperazine rings is 1. The van der Waals surface area contributed by atoms with E-state index in [2.05, 4.69) is 5.32 Å². The summed E-state index contributed by atoms with van der Waals surface area (Å²) in [6, 6.07) is 13.5. The minimum absolute atomic E-state index is 0. The van der Waals surface area contributed by atoms with Crippen LogP contribution < -0.4 is 5.32 Å². The number of sulfone groups is 1. The average Bonchev–Trinajstić information content (AvgIpc) is 2.60. The number of carbonyl (C=O) groups excluding carboxylic acids is 1. The van der Waals surface area contributed by atoms with Crippen LogP contribution in [0.1, 0.15) is 22.0 Å². The SMILES string of the molecule is CS(=O)(=O)c1cccc(C(=O)N2CCNCC2c2cccc(Cl)c2)c1.Cl. The zero-order valence-corrected chi connectivity index (χ0v) is 16.6. The molecule has 0 aromatic heterocycles. The number of hydrogen-bond donors (Lipinski definition) is 1. The van der Waals surface area contributed by atoms with Crippen molar-refractivity contribution in [1.29, 1.82) is 0 Å². The van der Waals surface area contributed by atoms with Crippen molar-refractivity contribution < 1.29 is 13.2 Å². The fourth-order valence-corrected chi connectivity index (χ4v) is 3.85. The number of rotatable bonds is 3. The molecule has 1 amide bonds. The summed E-state index contributed by atoms with van der Waals surface area (Å²) in [4.78, 5) is 14.9. The number of benzene rings is 2. The number of hydrogen-bond acceptors (Lipinski definition) is 4. The van der Waals surface area contributed by atoms with E-state index in [1.165, 1.54) is 12.1 Å². The van der Waals surface area contributed by atoms with Gasteiger partial charge < -0.3 is 10.2 Å². The van der Waals surface area contributed by atoms with Crippen LogP contribution in [-0.2, 0) is 9.84 Å². The van der Waals surface area contributed by atoms with Gasteiger partial charge in [-0.2, -0.15) is 0 Å². The molecule has 1 unspecified atom stereocenters. The molecule has 3 rings (SSSR count). The summed E-state index contributed by atoms with van der Waals surface area (Å²) in [6.45, 7) is 1.85. The third-order valence-corrected chi connectivity index (χ3v) is 5.59. The third kappa shape index (κ3) is 4.57. The molecule has 0 bridgehead atoms. The molecule has 140 valence electrons. The van der Waals surface area contributed by atoms with Gasteiger partial charge in [0.05, 0.1) is 10.9 Å². The van der Waals surface area contributed by atoms with E-state index in [0.29, 0.717) is 30.2 Å². The predicted molar refractivity (Wildman–Crippen MR) is 105 cm³/mol. The maximum atomic E-state index is 13.0. The first-order chi connectivity index (χ1) is 11.9. The molecule has 1 fully saturated rings. The molecule has 0 radical (unpaired) electrons. The summed E-state index contributed by atoms with van der Waals surface area (Å²) in [5.74, 6) is -0.183. The molecule has 1 saturated heterocycles. The number of carbonyl (C=O) groups is 1. The first kappa shape index (κ1) is 20.7. The lowest BCUT2D eigenvalue weighted by molar-refractivity contribution is 0.0634. The highest BCUT2D eigenvalue weighted by atomic mass is 35.5. The highest BCUT2D eigenvalue weighted by Crippen LogP contribution is 2.26. The van der Waals surface area contributed by atoms with Gasteiger partial charge in [-0.1, -0.05) is 29.8 Å². The van der Waals surface area contributed by atoms with Gasteiger partial charge in [0.15, 0.2) is 9.84 Å². The van der Waals surface area contributed by atoms with Crippen molar-refractivity contribution in [3.05, 3.63) is 64.7 Å². The monoisotopic (exact) mass is 414 g/mol. The smallest absolute Gasteiger partial charge is 0.254 e. The van der Waals surface area contributed by atoms with E-state index >= 15 is 0 Å². The van der Waals surface area contributed by atoms with Gasteiger partial charge in [0.2, 0.25) is 0 Å².